The van der Waals surface area contributed by atoms with Gasteiger partial charge >= 0.3 is 51.7 Å². The summed E-state index contributed by atoms with van der Waals surface area (Å²) in [5.74, 6) is -5.02. The minimum Gasteiger partial charge on any atom is -1.00 e. The molecule has 14 heavy (non-hydrogen) atoms. The zero-order valence-electron chi connectivity index (χ0n) is 11.4. The normalized spacial score (nSPS) is 10.1. The van der Waals surface area contributed by atoms with Crippen LogP contribution in [0.5, 0.6) is 0 Å². The molecular formula is C6H12NaO7+3. The predicted octanol–water partition coefficient (Wildman–Crippen LogP) is -3.79. The monoisotopic (exact) mass is 219 g/mol. The third-order valence-corrected chi connectivity index (χ3v) is 1.29. The molecule has 0 aromatic heterocycles. The Balaban J connectivity index is -0.0000000720. The summed E-state index contributed by atoms with van der Waals surface area (Å²) in [6.45, 7) is 0. The fourth-order valence-electron chi connectivity index (χ4n) is 0.714. The van der Waals surface area contributed by atoms with Crippen molar-refractivity contribution in [2.75, 3.05) is 0 Å². The quantitative estimate of drug-likeness (QED) is 0.348. The number of rotatable bonds is 5. The summed E-state index contributed by atoms with van der Waals surface area (Å²) < 4.78 is 0. The zero-order valence-corrected chi connectivity index (χ0v) is 9.43. The average molecular weight is 219 g/mol. The van der Waals surface area contributed by atoms with Gasteiger partial charge in [-0.3, -0.25) is 9.59 Å². The third kappa shape index (κ3) is 5.18. The van der Waals surface area contributed by atoms with E-state index in [-0.39, 0.29) is 35.3 Å². The summed E-state index contributed by atoms with van der Waals surface area (Å²) in [5.41, 5.74) is -2.74. The second-order valence-corrected chi connectivity index (χ2v) is 2.48. The smallest absolute Gasteiger partial charge is 1.00 e. The van der Waals surface area contributed by atoms with E-state index in [0.29, 0.717) is 0 Å². The van der Waals surface area contributed by atoms with Crippen LogP contribution >= 0.6 is 0 Å². The minimum absolute atomic E-state index is 0. The van der Waals surface area contributed by atoms with Gasteiger partial charge in [0.15, 0.2) is 5.60 Å². The summed E-state index contributed by atoms with van der Waals surface area (Å²) in [6.07, 6.45) is -2.29. The molecule has 4 N–H and O–H groups in total. The van der Waals surface area contributed by atoms with E-state index in [4.69, 9.17) is 20.4 Å². The van der Waals surface area contributed by atoms with Gasteiger partial charge in [0.1, 0.15) is 0 Å². The summed E-state index contributed by atoms with van der Waals surface area (Å²) in [6, 6.07) is 0. The van der Waals surface area contributed by atoms with Gasteiger partial charge in [-0.15, -0.1) is 0 Å². The van der Waals surface area contributed by atoms with Crippen LogP contribution in [-0.2, 0) is 14.4 Å². The summed E-state index contributed by atoms with van der Waals surface area (Å²) >= 11 is 0. The van der Waals surface area contributed by atoms with Crippen LogP contribution in [0.1, 0.15) is 18.5 Å². The molecule has 76 valence electrons. The molecule has 0 spiro atoms. The van der Waals surface area contributed by atoms with Crippen molar-refractivity contribution >= 4 is 17.9 Å². The molecular weight excluding hydrogens is 207 g/mol. The van der Waals surface area contributed by atoms with E-state index in [0.717, 1.165) is 0 Å². The number of hydrogen-bond acceptors (Lipinski definition) is 4. The van der Waals surface area contributed by atoms with Crippen LogP contribution in [0.25, 0.3) is 0 Å². The van der Waals surface area contributed by atoms with Crippen molar-refractivity contribution in [3.05, 3.63) is 0 Å². The van der Waals surface area contributed by atoms with E-state index < -0.39 is 36.4 Å². The largest absolute Gasteiger partial charge is 1.00 e. The van der Waals surface area contributed by atoms with Crippen molar-refractivity contribution in [3.8, 4) is 0 Å². The Labute approximate surface area is 107 Å². The molecule has 0 radical (unpaired) electrons. The molecule has 0 aliphatic carbocycles. The van der Waals surface area contributed by atoms with Crippen LogP contribution in [0.2, 0.25) is 0 Å². The Morgan fingerprint density at radius 2 is 1.36 bits per heavy atom. The van der Waals surface area contributed by atoms with E-state index in [9.17, 15) is 14.4 Å². The van der Waals surface area contributed by atoms with Gasteiger partial charge < -0.3 is 21.9 Å². The maximum absolute atomic E-state index is 10.3. The molecule has 0 heterocycles. The number of hydrogen-bond donors (Lipinski definition) is 4. The van der Waals surface area contributed by atoms with Crippen molar-refractivity contribution in [2.24, 2.45) is 0 Å². The van der Waals surface area contributed by atoms with Crippen molar-refractivity contribution in [3.63, 3.8) is 0 Å². The topological polar surface area (TPSA) is 132 Å². The average Bonchev–Trinajstić information content (AvgIpc) is 1.82. The van der Waals surface area contributed by atoms with Crippen LogP contribution < -0.4 is 29.6 Å². The van der Waals surface area contributed by atoms with Crippen LogP contribution in [0, 0.1) is 0 Å². The molecule has 0 fully saturated rings. The maximum Gasteiger partial charge on any atom is 1.00 e. The number of aliphatic hydroxyl groups is 1. The van der Waals surface area contributed by atoms with Gasteiger partial charge in [-0.2, -0.15) is 0 Å². The van der Waals surface area contributed by atoms with Crippen molar-refractivity contribution in [1.29, 1.82) is 0 Å². The van der Waals surface area contributed by atoms with Crippen LogP contribution in [-0.4, -0.2) is 43.9 Å². The van der Waals surface area contributed by atoms with Crippen molar-refractivity contribution < 1.29 is 70.1 Å². The van der Waals surface area contributed by atoms with E-state index in [1.165, 1.54) is 0 Å². The number of carboxylic acid groups (broad SMARTS) is 3. The zero-order chi connectivity index (χ0) is 10.6. The SMILES string of the molecule is O=C(O)CC(O)(CC(=O)O)C(=O)O.[H+].[H+].[H+].[H-].[Na+]. The first-order valence-corrected chi connectivity index (χ1v) is 3.17. The second-order valence-electron chi connectivity index (χ2n) is 2.48. The molecule has 0 bridgehead atoms. The Morgan fingerprint density at radius 1 is 1.07 bits per heavy atom. The molecule has 0 amide bonds. The summed E-state index contributed by atoms with van der Waals surface area (Å²) in [5, 5.41) is 33.8. The van der Waals surface area contributed by atoms with E-state index >= 15 is 0 Å². The number of carboxylic acids is 3. The van der Waals surface area contributed by atoms with E-state index in [1.54, 1.807) is 0 Å². The van der Waals surface area contributed by atoms with Crippen LogP contribution in [0.15, 0.2) is 0 Å². The molecule has 0 saturated heterocycles. The summed E-state index contributed by atoms with van der Waals surface area (Å²) in [4.78, 5) is 30.5. The van der Waals surface area contributed by atoms with Gasteiger partial charge in [0.05, 0.1) is 12.8 Å². The van der Waals surface area contributed by atoms with Crippen molar-refractivity contribution in [2.45, 2.75) is 18.4 Å². The molecule has 0 saturated carbocycles. The molecule has 0 aromatic carbocycles. The number of aliphatic carboxylic acids is 3. The minimum atomic E-state index is -2.74. The third-order valence-electron chi connectivity index (χ3n) is 1.29. The summed E-state index contributed by atoms with van der Waals surface area (Å²) in [7, 11) is 0. The van der Waals surface area contributed by atoms with Crippen molar-refractivity contribution in [1.82, 2.24) is 0 Å². The Morgan fingerprint density at radius 3 is 1.50 bits per heavy atom. The molecule has 8 heteroatoms. The van der Waals surface area contributed by atoms with Gasteiger partial charge in [-0.25, -0.2) is 4.79 Å². The molecule has 0 aromatic rings. The van der Waals surface area contributed by atoms with Gasteiger partial charge in [-0.1, -0.05) is 0 Å². The number of carbonyl (C=O) groups is 3. The molecule has 0 atom stereocenters. The van der Waals surface area contributed by atoms with Gasteiger partial charge in [-0.05, 0) is 0 Å². The van der Waals surface area contributed by atoms with Gasteiger partial charge in [0.2, 0.25) is 0 Å². The van der Waals surface area contributed by atoms with Gasteiger partial charge in [0, 0.05) is 0 Å². The first kappa shape index (κ1) is 15.8. The first-order valence-electron chi connectivity index (χ1n) is 3.17. The molecule has 0 aliphatic heterocycles. The fraction of sp³-hybridized carbons (Fsp3) is 0.500. The Kier molecular flexibility index (Phi) is 6.75. The fourth-order valence-corrected chi connectivity index (χ4v) is 0.714. The molecule has 7 nitrogen and oxygen atoms in total. The standard InChI is InChI=1S/C6H8O7.Na.H/c7-3(8)1-6(13,5(11)12)2-4(9)10;;/h13H,1-2H2,(H,7,8)(H,9,10)(H,11,12);;/q;+1;-1/p+3. The Bertz CT molecular complexity index is 246. The maximum atomic E-state index is 10.3. The van der Waals surface area contributed by atoms with Crippen LogP contribution in [0.3, 0.4) is 0 Å². The van der Waals surface area contributed by atoms with Crippen LogP contribution in [0.4, 0.5) is 0 Å². The Hall–Kier alpha value is -0.630. The molecule has 0 unspecified atom stereocenters. The first-order chi connectivity index (χ1) is 5.78. The second kappa shape index (κ2) is 5.97. The van der Waals surface area contributed by atoms with E-state index in [2.05, 4.69) is 0 Å². The molecule has 0 aliphatic rings. The van der Waals surface area contributed by atoms with Gasteiger partial charge in [0.25, 0.3) is 0 Å². The predicted molar refractivity (Wildman–Crippen MR) is 41.5 cm³/mol. The molecule has 0 rings (SSSR count). The van der Waals surface area contributed by atoms with E-state index in [1.807, 2.05) is 0 Å².